The lowest BCUT2D eigenvalue weighted by Crippen LogP contribution is -2.35. The van der Waals surface area contributed by atoms with E-state index in [2.05, 4.69) is 28.1 Å². The van der Waals surface area contributed by atoms with Crippen molar-refractivity contribution in [2.45, 2.75) is 96.8 Å². The molecule has 0 aliphatic rings. The summed E-state index contributed by atoms with van der Waals surface area (Å²) in [5.74, 6) is 0. The van der Waals surface area contributed by atoms with Crippen molar-refractivity contribution < 1.29 is 4.48 Å². The average Bonchev–Trinajstić information content (AvgIpc) is 2.47. The van der Waals surface area contributed by atoms with Crippen LogP contribution in [0.4, 0.5) is 0 Å². The first kappa shape index (κ1) is 24.6. The van der Waals surface area contributed by atoms with Gasteiger partial charge in [0.25, 0.3) is 0 Å². The van der Waals surface area contributed by atoms with Gasteiger partial charge < -0.3 is 14.6 Å². The van der Waals surface area contributed by atoms with E-state index in [1.807, 2.05) is 0 Å². The summed E-state index contributed by atoms with van der Waals surface area (Å²) in [5.41, 5.74) is 0. The molecule has 0 rings (SSSR count). The number of quaternary nitrogens is 1. The van der Waals surface area contributed by atoms with Crippen molar-refractivity contribution in [2.24, 2.45) is 5.34 Å². The van der Waals surface area contributed by atoms with Crippen LogP contribution in [0.2, 0.25) is 0 Å². The van der Waals surface area contributed by atoms with Gasteiger partial charge in [-0.25, -0.2) is 0 Å². The van der Waals surface area contributed by atoms with E-state index < -0.39 is 0 Å². The molecule has 0 saturated carbocycles. The first-order valence-corrected chi connectivity index (χ1v) is 9.73. The molecule has 4 nitrogen and oxygen atoms in total. The molecule has 0 amide bonds. The van der Waals surface area contributed by atoms with Gasteiger partial charge in [-0.2, -0.15) is 0 Å². The Morgan fingerprint density at radius 3 is 1.17 bits per heavy atom. The topological polar surface area (TPSA) is 52.5 Å². The molecule has 4 heteroatoms. The Labute approximate surface area is 145 Å². The van der Waals surface area contributed by atoms with Gasteiger partial charge in [-0.05, 0) is 12.8 Å². The highest BCUT2D eigenvalue weighted by atomic mass is 16.6. The van der Waals surface area contributed by atoms with Crippen LogP contribution in [-0.2, 0) is 0 Å². The van der Waals surface area contributed by atoms with E-state index in [4.69, 9.17) is 10.1 Å². The van der Waals surface area contributed by atoms with E-state index in [1.54, 1.807) is 0 Å². The molecule has 23 heavy (non-hydrogen) atoms. The SMILES string of the molecule is CCCCCCCCCCCCCCCC[N+](C)(C)C.O=N[O-]. The maximum Gasteiger partial charge on any atom is 0.0780 e. The Morgan fingerprint density at radius 2 is 0.913 bits per heavy atom. The van der Waals surface area contributed by atoms with Gasteiger partial charge in [-0.3, -0.25) is 0 Å². The van der Waals surface area contributed by atoms with Gasteiger partial charge in [0.05, 0.1) is 27.7 Å². The number of unbranched alkanes of at least 4 members (excludes halogenated alkanes) is 13. The molecule has 0 aliphatic heterocycles. The van der Waals surface area contributed by atoms with E-state index >= 15 is 0 Å². The third-order valence-electron chi connectivity index (χ3n) is 4.18. The Hall–Kier alpha value is -0.640. The quantitative estimate of drug-likeness (QED) is 0.150. The van der Waals surface area contributed by atoms with Crippen LogP contribution < -0.4 is 0 Å². The van der Waals surface area contributed by atoms with Crippen molar-refractivity contribution >= 4 is 0 Å². The minimum absolute atomic E-state index is 1.00. The fourth-order valence-corrected chi connectivity index (χ4v) is 2.78. The molecule has 0 spiro atoms. The molecular formula is C19H42N2O2. The molecule has 0 saturated heterocycles. The minimum Gasteiger partial charge on any atom is -0.444 e. The Morgan fingerprint density at radius 1 is 0.652 bits per heavy atom. The van der Waals surface area contributed by atoms with Crippen molar-refractivity contribution in [3.05, 3.63) is 10.1 Å². The van der Waals surface area contributed by atoms with Gasteiger partial charge in [-0.15, -0.1) is 5.34 Å². The van der Waals surface area contributed by atoms with Crippen LogP contribution in [-0.4, -0.2) is 32.2 Å². The van der Waals surface area contributed by atoms with E-state index in [0.717, 1.165) is 9.82 Å². The van der Waals surface area contributed by atoms with Gasteiger partial charge in [0, 0.05) is 0 Å². The number of hydrogen-bond acceptors (Lipinski definition) is 3. The predicted octanol–water partition coefficient (Wildman–Crippen LogP) is 6.42. The van der Waals surface area contributed by atoms with Gasteiger partial charge in [0.15, 0.2) is 0 Å². The maximum atomic E-state index is 8.00. The zero-order chi connectivity index (χ0) is 17.8. The molecule has 0 atom stereocenters. The first-order chi connectivity index (χ1) is 11.0. The summed E-state index contributed by atoms with van der Waals surface area (Å²) >= 11 is 0. The lowest BCUT2D eigenvalue weighted by molar-refractivity contribution is -0.870. The van der Waals surface area contributed by atoms with Gasteiger partial charge >= 0.3 is 0 Å². The number of rotatable bonds is 15. The molecule has 0 heterocycles. The summed E-state index contributed by atoms with van der Waals surface area (Å²) in [4.78, 5) is 8.00. The van der Waals surface area contributed by atoms with E-state index in [9.17, 15) is 0 Å². The van der Waals surface area contributed by atoms with Crippen molar-refractivity contribution in [3.63, 3.8) is 0 Å². The highest BCUT2D eigenvalue weighted by molar-refractivity contribution is 4.49. The second kappa shape index (κ2) is 19.4. The predicted molar refractivity (Wildman–Crippen MR) is 102 cm³/mol. The lowest BCUT2D eigenvalue weighted by Gasteiger charge is -2.23. The van der Waals surface area contributed by atoms with Crippen LogP contribution in [0.3, 0.4) is 0 Å². The molecule has 0 radical (unpaired) electrons. The van der Waals surface area contributed by atoms with Crippen molar-refractivity contribution in [1.82, 2.24) is 0 Å². The number of nitrogens with zero attached hydrogens (tertiary/aromatic N) is 2. The minimum atomic E-state index is 1.00. The first-order valence-electron chi connectivity index (χ1n) is 9.73. The molecule has 140 valence electrons. The third-order valence-corrected chi connectivity index (χ3v) is 4.18. The fourth-order valence-electron chi connectivity index (χ4n) is 2.78. The smallest absolute Gasteiger partial charge is 0.0780 e. The average molecular weight is 331 g/mol. The highest BCUT2D eigenvalue weighted by Gasteiger charge is 2.04. The van der Waals surface area contributed by atoms with E-state index in [-0.39, 0.29) is 0 Å². The summed E-state index contributed by atoms with van der Waals surface area (Å²) in [6.45, 7) is 3.63. The largest absolute Gasteiger partial charge is 0.444 e. The second-order valence-corrected chi connectivity index (χ2v) is 7.68. The molecular weight excluding hydrogens is 288 g/mol. The van der Waals surface area contributed by atoms with Crippen molar-refractivity contribution in [3.8, 4) is 0 Å². The summed E-state index contributed by atoms with van der Waals surface area (Å²) in [6.07, 6.45) is 20.4. The standard InChI is InChI=1S/C19H42N.HNO2/c1-5-6-7-8-9-10-11-12-13-14-15-16-17-18-19-20(2,3)4;2-1-3/h5-19H2,1-4H3;(H,2,3)/q+1;/p-1. The molecule has 0 bridgehead atoms. The summed E-state index contributed by atoms with van der Waals surface area (Å²) < 4.78 is 1.12. The van der Waals surface area contributed by atoms with Crippen LogP contribution in [0, 0.1) is 10.1 Å². The molecule has 0 aliphatic carbocycles. The molecule has 0 aromatic heterocycles. The normalized spacial score (nSPS) is 11.0. The van der Waals surface area contributed by atoms with Crippen LogP contribution in [0.25, 0.3) is 0 Å². The van der Waals surface area contributed by atoms with E-state index in [1.165, 1.54) is 96.4 Å². The zero-order valence-electron chi connectivity index (χ0n) is 16.3. The Bertz CT molecular complexity index is 228. The Balaban J connectivity index is 0. The van der Waals surface area contributed by atoms with Gasteiger partial charge in [0.2, 0.25) is 0 Å². The second-order valence-electron chi connectivity index (χ2n) is 7.68. The van der Waals surface area contributed by atoms with Crippen molar-refractivity contribution in [2.75, 3.05) is 27.7 Å². The summed E-state index contributed by atoms with van der Waals surface area (Å²) in [6, 6.07) is 0. The van der Waals surface area contributed by atoms with Crippen LogP contribution in [0.1, 0.15) is 96.8 Å². The monoisotopic (exact) mass is 330 g/mol. The summed E-state index contributed by atoms with van der Waals surface area (Å²) in [5, 5.41) is 9.00. The van der Waals surface area contributed by atoms with Crippen LogP contribution >= 0.6 is 0 Å². The molecule has 0 aromatic carbocycles. The molecule has 0 aromatic rings. The van der Waals surface area contributed by atoms with E-state index in [0.29, 0.717) is 0 Å². The lowest BCUT2D eigenvalue weighted by atomic mass is 10.0. The molecule has 0 fully saturated rings. The number of hydrogen-bond donors (Lipinski definition) is 0. The van der Waals surface area contributed by atoms with Crippen LogP contribution in [0.5, 0.6) is 0 Å². The van der Waals surface area contributed by atoms with Crippen molar-refractivity contribution in [1.29, 1.82) is 0 Å². The van der Waals surface area contributed by atoms with Crippen LogP contribution in [0.15, 0.2) is 5.34 Å². The third kappa shape index (κ3) is 29.9. The highest BCUT2D eigenvalue weighted by Crippen LogP contribution is 2.13. The van der Waals surface area contributed by atoms with Gasteiger partial charge in [-0.1, -0.05) is 84.0 Å². The molecule has 0 unspecified atom stereocenters. The maximum absolute atomic E-state index is 8.00. The molecule has 0 N–H and O–H groups in total. The Kier molecular flexibility index (Phi) is 20.8. The zero-order valence-corrected chi connectivity index (χ0v) is 16.3. The summed E-state index contributed by atoms with van der Waals surface area (Å²) in [7, 11) is 6.88. The fraction of sp³-hybridized carbons (Fsp3) is 1.00. The van der Waals surface area contributed by atoms with Gasteiger partial charge in [0.1, 0.15) is 0 Å².